The molecule has 159 valence electrons. The quantitative estimate of drug-likeness (QED) is 0.499. The van der Waals surface area contributed by atoms with E-state index in [0.29, 0.717) is 13.1 Å². The summed E-state index contributed by atoms with van der Waals surface area (Å²) >= 11 is 0.00694. The van der Waals surface area contributed by atoms with E-state index in [-0.39, 0.29) is 13.1 Å². The van der Waals surface area contributed by atoms with Gasteiger partial charge in [-0.2, -0.15) is 0 Å². The predicted octanol–water partition coefficient (Wildman–Crippen LogP) is 5.26. The van der Waals surface area contributed by atoms with E-state index in [9.17, 15) is 0 Å². The fourth-order valence-electron chi connectivity index (χ4n) is 3.68. The number of halogens is 2. The Balaban J connectivity index is 0.000000730. The van der Waals surface area contributed by atoms with Crippen LogP contribution in [0.5, 0.6) is 0 Å². The molecule has 0 bridgehead atoms. The second-order valence-corrected chi connectivity index (χ2v) is 9.18. The number of amidine groups is 2. The third kappa shape index (κ3) is 6.00. The number of hydrogen-bond donors (Lipinski definition) is 0. The molecule has 0 N–H and O–H groups in total. The summed E-state index contributed by atoms with van der Waals surface area (Å²) in [6.07, 6.45) is 14.1. The van der Waals surface area contributed by atoms with E-state index in [2.05, 4.69) is 53.5 Å². The van der Waals surface area contributed by atoms with Crippen molar-refractivity contribution in [1.82, 2.24) is 4.90 Å². The second kappa shape index (κ2) is 11.0. The van der Waals surface area contributed by atoms with Crippen LogP contribution < -0.4 is 0 Å². The van der Waals surface area contributed by atoms with Gasteiger partial charge in [0.1, 0.15) is 11.7 Å². The minimum absolute atomic E-state index is 0.00694. The number of aliphatic imine (C=N–C) groups is 4. The Kier molecular flexibility index (Phi) is 7.84. The zero-order valence-corrected chi connectivity index (χ0v) is 19.4. The number of rotatable bonds is 6. The van der Waals surface area contributed by atoms with Crippen molar-refractivity contribution in [2.75, 3.05) is 13.1 Å². The van der Waals surface area contributed by atoms with Crippen LogP contribution in [0.25, 0.3) is 0 Å². The first-order valence-corrected chi connectivity index (χ1v) is 13.2. The predicted molar refractivity (Wildman–Crippen MR) is 127 cm³/mol. The van der Waals surface area contributed by atoms with Gasteiger partial charge in [0.2, 0.25) is 0 Å². The molecule has 0 atom stereocenters. The molecule has 0 radical (unpaired) electrons. The van der Waals surface area contributed by atoms with Crippen LogP contribution in [0, 0.1) is 0 Å². The molecule has 0 saturated heterocycles. The number of benzene rings is 1. The molecule has 1 aromatic rings. The van der Waals surface area contributed by atoms with Crippen LogP contribution in [0.4, 0.5) is 0 Å². The molecule has 5 rings (SSSR count). The molecule has 1 aromatic carbocycles. The van der Waals surface area contributed by atoms with Crippen LogP contribution >= 0.6 is 20.2 Å². The van der Waals surface area contributed by atoms with Crippen molar-refractivity contribution in [3.05, 3.63) is 83.7 Å². The maximum atomic E-state index is 4.80. The van der Waals surface area contributed by atoms with Crippen LogP contribution in [0.1, 0.15) is 18.4 Å². The van der Waals surface area contributed by atoms with Crippen molar-refractivity contribution in [3.63, 3.8) is 0 Å². The Morgan fingerprint density at radius 2 is 1.26 bits per heavy atom. The Hall–Kier alpha value is -2.08. The average Bonchev–Trinajstić information content (AvgIpc) is 3.37. The third-order valence-electron chi connectivity index (χ3n) is 5.00. The van der Waals surface area contributed by atoms with Crippen molar-refractivity contribution in [3.8, 4) is 0 Å². The monoisotopic (exact) mass is 492 g/mol. The van der Waals surface area contributed by atoms with Gasteiger partial charge < -0.3 is 0 Å². The molecule has 0 aromatic heterocycles. The first kappa shape index (κ1) is 22.1. The van der Waals surface area contributed by atoms with E-state index in [1.54, 1.807) is 0 Å². The van der Waals surface area contributed by atoms with Crippen LogP contribution in [0.3, 0.4) is 0 Å². The van der Waals surface area contributed by atoms with E-state index < -0.39 is 0 Å². The molecule has 0 amide bonds. The SMILES string of the molecule is C1=CCC2=NC(CN(CC3=NC4=CC=CCC4=N3)Cc3ccccc3)=NC2=C1.[Cl][Mn][Cl]. The zero-order valence-electron chi connectivity index (χ0n) is 16.8. The van der Waals surface area contributed by atoms with Crippen molar-refractivity contribution >= 4 is 43.3 Å². The van der Waals surface area contributed by atoms with Gasteiger partial charge in [0.15, 0.2) is 0 Å². The molecule has 4 aliphatic rings. The van der Waals surface area contributed by atoms with E-state index in [0.717, 1.165) is 53.9 Å². The topological polar surface area (TPSA) is 52.7 Å². The van der Waals surface area contributed by atoms with E-state index in [1.807, 2.05) is 18.2 Å². The Bertz CT molecular complexity index is 1000. The summed E-state index contributed by atoms with van der Waals surface area (Å²) in [4.78, 5) is 21.3. The van der Waals surface area contributed by atoms with Crippen molar-refractivity contribution in [2.24, 2.45) is 20.0 Å². The summed E-state index contributed by atoms with van der Waals surface area (Å²) in [7, 11) is 9.59. The van der Waals surface area contributed by atoms with Crippen molar-refractivity contribution in [1.29, 1.82) is 0 Å². The van der Waals surface area contributed by atoms with Crippen LogP contribution in [-0.4, -0.2) is 41.1 Å². The van der Waals surface area contributed by atoms with Gasteiger partial charge in [-0.05, 0) is 17.7 Å². The van der Waals surface area contributed by atoms with Crippen LogP contribution in [-0.2, 0) is 19.7 Å². The molecule has 31 heavy (non-hydrogen) atoms. The Labute approximate surface area is 197 Å². The van der Waals surface area contributed by atoms with Crippen molar-refractivity contribution in [2.45, 2.75) is 19.4 Å². The third-order valence-corrected chi connectivity index (χ3v) is 5.00. The summed E-state index contributed by atoms with van der Waals surface area (Å²) in [6.45, 7) is 2.16. The maximum absolute atomic E-state index is 4.80. The van der Waals surface area contributed by atoms with Crippen molar-refractivity contribution < 1.29 is 13.1 Å². The Morgan fingerprint density at radius 3 is 1.74 bits per heavy atom. The van der Waals surface area contributed by atoms with Crippen LogP contribution in [0.15, 0.2) is 98.2 Å². The summed E-state index contributed by atoms with van der Waals surface area (Å²) in [5.74, 6) is 1.73. The molecule has 0 fully saturated rings. The number of allylic oxidation sites excluding steroid dienone is 8. The van der Waals surface area contributed by atoms with E-state index >= 15 is 0 Å². The fourth-order valence-corrected chi connectivity index (χ4v) is 3.68. The molecule has 2 aliphatic carbocycles. The first-order valence-electron chi connectivity index (χ1n) is 9.93. The fraction of sp³-hybridized carbons (Fsp3) is 0.217. The van der Waals surface area contributed by atoms with Gasteiger partial charge >= 0.3 is 33.3 Å². The standard InChI is InChI=1S/C23H21N5.2ClH.Mn/c1-2-8-17(9-3-1)14-28(15-22-24-18-10-4-5-11-19(18)25-22)16-23-26-20-12-6-7-13-21(20)27-23;;;/h1-10,12H,11,13-16H2;2*1H;/q;;;+2/p-2. The summed E-state index contributed by atoms with van der Waals surface area (Å²) < 4.78 is 0. The van der Waals surface area contributed by atoms with Gasteiger partial charge in [0.05, 0.1) is 35.9 Å². The minimum atomic E-state index is 0.00694. The van der Waals surface area contributed by atoms with Gasteiger partial charge in [-0.25, -0.2) is 20.0 Å². The average molecular weight is 493 g/mol. The molecule has 0 unspecified atom stereocenters. The van der Waals surface area contributed by atoms with E-state index in [1.165, 1.54) is 5.56 Å². The molecule has 2 aliphatic heterocycles. The molecule has 8 heteroatoms. The van der Waals surface area contributed by atoms with Gasteiger partial charge in [-0.15, -0.1) is 0 Å². The second-order valence-electron chi connectivity index (χ2n) is 7.23. The van der Waals surface area contributed by atoms with Crippen LogP contribution in [0.2, 0.25) is 0 Å². The molecular formula is C23H21Cl2MnN5. The Morgan fingerprint density at radius 1 is 0.742 bits per heavy atom. The van der Waals surface area contributed by atoms with Gasteiger partial charge in [-0.3, -0.25) is 4.90 Å². The van der Waals surface area contributed by atoms with E-state index in [4.69, 9.17) is 40.2 Å². The zero-order chi connectivity index (χ0) is 21.5. The molecule has 5 nitrogen and oxygen atoms in total. The molecular weight excluding hydrogens is 472 g/mol. The van der Waals surface area contributed by atoms with Gasteiger partial charge in [0, 0.05) is 19.4 Å². The molecule has 0 spiro atoms. The first-order chi connectivity index (χ1) is 15.2. The number of hydrogen-bond acceptors (Lipinski definition) is 5. The summed E-state index contributed by atoms with van der Waals surface area (Å²) in [6, 6.07) is 10.5. The van der Waals surface area contributed by atoms with Gasteiger partial charge in [-0.1, -0.05) is 54.6 Å². The number of nitrogens with zero attached hydrogens (tertiary/aromatic N) is 5. The normalized spacial score (nSPS) is 18.2. The summed E-state index contributed by atoms with van der Waals surface area (Å²) in [5, 5.41) is 0. The molecule has 0 saturated carbocycles. The summed E-state index contributed by atoms with van der Waals surface area (Å²) in [5.41, 5.74) is 5.39. The number of fused-ring (bicyclic) bond motifs is 2. The van der Waals surface area contributed by atoms with Gasteiger partial charge in [0.25, 0.3) is 0 Å². The molecule has 2 heterocycles.